The maximum absolute atomic E-state index is 9.34. The van der Waals surface area contributed by atoms with E-state index in [1.807, 2.05) is 6.92 Å². The van der Waals surface area contributed by atoms with E-state index in [1.165, 1.54) is 5.57 Å². The third-order valence-corrected chi connectivity index (χ3v) is 2.17. The van der Waals surface area contributed by atoms with Crippen LogP contribution >= 0.6 is 0 Å². The van der Waals surface area contributed by atoms with Crippen molar-refractivity contribution in [3.63, 3.8) is 0 Å². The van der Waals surface area contributed by atoms with E-state index in [1.54, 1.807) is 13.2 Å². The summed E-state index contributed by atoms with van der Waals surface area (Å²) >= 11 is 0. The minimum Gasteiger partial charge on any atom is -0.504 e. The van der Waals surface area contributed by atoms with Gasteiger partial charge in [-0.15, -0.1) is 0 Å². The van der Waals surface area contributed by atoms with Crippen LogP contribution in [0.25, 0.3) is 0 Å². The van der Waals surface area contributed by atoms with Gasteiger partial charge < -0.3 is 9.84 Å². The smallest absolute Gasteiger partial charge is 0.153 e. The Morgan fingerprint density at radius 2 is 2.27 bits per heavy atom. The van der Waals surface area contributed by atoms with Gasteiger partial charge >= 0.3 is 0 Å². The fourth-order valence-corrected chi connectivity index (χ4v) is 1.17. The first-order valence-corrected chi connectivity index (χ1v) is 3.79. The van der Waals surface area contributed by atoms with Gasteiger partial charge in [-0.2, -0.15) is 0 Å². The number of aliphatic hydroxyl groups is 1. The fraction of sp³-hybridized carbons (Fsp3) is 0.556. The Kier molecular flexibility index (Phi) is 2.22. The highest BCUT2D eigenvalue weighted by Gasteiger charge is 2.16. The molecule has 0 spiro atoms. The first-order chi connectivity index (χ1) is 5.15. The van der Waals surface area contributed by atoms with Crippen molar-refractivity contribution in [2.45, 2.75) is 20.3 Å². The highest BCUT2D eigenvalue weighted by atomic mass is 16.5. The molecular weight excluding hydrogens is 140 g/mol. The van der Waals surface area contributed by atoms with Gasteiger partial charge in [-0.05, 0) is 18.9 Å². The highest BCUT2D eigenvalue weighted by molar-refractivity contribution is 5.26. The Morgan fingerprint density at radius 1 is 1.64 bits per heavy atom. The average Bonchev–Trinajstić information content (AvgIpc) is 1.97. The lowest BCUT2D eigenvalue weighted by Gasteiger charge is -2.19. The van der Waals surface area contributed by atoms with Gasteiger partial charge in [0.15, 0.2) is 5.76 Å². The number of hydrogen-bond acceptors (Lipinski definition) is 2. The second-order valence-corrected chi connectivity index (χ2v) is 3.01. The van der Waals surface area contributed by atoms with Crippen LogP contribution in [0.15, 0.2) is 23.2 Å². The molecule has 1 N–H and O–H groups in total. The maximum atomic E-state index is 9.34. The van der Waals surface area contributed by atoms with Crippen LogP contribution in [0, 0.1) is 5.92 Å². The second kappa shape index (κ2) is 2.99. The number of aliphatic hydroxyl groups excluding tert-OH is 1. The van der Waals surface area contributed by atoms with Crippen LogP contribution in [-0.4, -0.2) is 12.2 Å². The van der Waals surface area contributed by atoms with Crippen LogP contribution in [0.1, 0.15) is 20.3 Å². The summed E-state index contributed by atoms with van der Waals surface area (Å²) in [4.78, 5) is 0. The minimum atomic E-state index is 0.281. The van der Waals surface area contributed by atoms with E-state index in [0.717, 1.165) is 6.42 Å². The largest absolute Gasteiger partial charge is 0.504 e. The molecule has 0 radical (unpaired) electrons. The Bertz CT molecular complexity index is 214. The standard InChI is InChI=1S/C9H14O2/c1-6-4-8(10)9(11-3)5-7(6)2/h4,7,10H,5H2,1-3H3. The molecule has 1 rings (SSSR count). The molecule has 11 heavy (non-hydrogen) atoms. The molecule has 0 saturated carbocycles. The highest BCUT2D eigenvalue weighted by Crippen LogP contribution is 2.27. The molecule has 0 bridgehead atoms. The summed E-state index contributed by atoms with van der Waals surface area (Å²) in [5.74, 6) is 1.46. The molecule has 0 amide bonds. The van der Waals surface area contributed by atoms with Gasteiger partial charge in [-0.25, -0.2) is 0 Å². The summed E-state index contributed by atoms with van der Waals surface area (Å²) in [5, 5.41) is 9.34. The van der Waals surface area contributed by atoms with E-state index in [4.69, 9.17) is 4.74 Å². The molecule has 0 saturated heterocycles. The number of methoxy groups -OCH3 is 1. The summed E-state index contributed by atoms with van der Waals surface area (Å²) < 4.78 is 5.01. The molecule has 1 unspecified atom stereocenters. The Balaban J connectivity index is 2.87. The van der Waals surface area contributed by atoms with E-state index >= 15 is 0 Å². The number of allylic oxidation sites excluding steroid dienone is 3. The van der Waals surface area contributed by atoms with Crippen LogP contribution in [0.5, 0.6) is 0 Å². The third kappa shape index (κ3) is 1.56. The van der Waals surface area contributed by atoms with Crippen molar-refractivity contribution in [1.82, 2.24) is 0 Å². The van der Waals surface area contributed by atoms with Crippen LogP contribution in [-0.2, 0) is 4.74 Å². The summed E-state index contributed by atoms with van der Waals surface area (Å²) in [5.41, 5.74) is 1.21. The molecule has 0 fully saturated rings. The summed E-state index contributed by atoms with van der Waals surface area (Å²) in [6, 6.07) is 0. The normalized spacial score (nSPS) is 25.0. The average molecular weight is 154 g/mol. The molecule has 0 aromatic rings. The van der Waals surface area contributed by atoms with Crippen molar-refractivity contribution < 1.29 is 9.84 Å². The number of rotatable bonds is 1. The quantitative estimate of drug-likeness (QED) is 0.628. The predicted molar refractivity (Wildman–Crippen MR) is 44.2 cm³/mol. The monoisotopic (exact) mass is 154 g/mol. The molecule has 0 heterocycles. The van der Waals surface area contributed by atoms with E-state index in [2.05, 4.69) is 6.92 Å². The van der Waals surface area contributed by atoms with Crippen molar-refractivity contribution in [2.75, 3.05) is 7.11 Å². The molecule has 62 valence electrons. The summed E-state index contributed by atoms with van der Waals surface area (Å²) in [6.07, 6.45) is 2.58. The molecule has 1 atom stereocenters. The Hall–Kier alpha value is -0.920. The zero-order chi connectivity index (χ0) is 8.43. The van der Waals surface area contributed by atoms with Crippen molar-refractivity contribution >= 4 is 0 Å². The molecule has 1 aliphatic rings. The zero-order valence-electron chi connectivity index (χ0n) is 7.22. The Morgan fingerprint density at radius 3 is 2.82 bits per heavy atom. The van der Waals surface area contributed by atoms with E-state index < -0.39 is 0 Å². The van der Waals surface area contributed by atoms with Gasteiger partial charge in [-0.1, -0.05) is 12.5 Å². The molecule has 2 nitrogen and oxygen atoms in total. The topological polar surface area (TPSA) is 29.5 Å². The second-order valence-electron chi connectivity index (χ2n) is 3.01. The Labute approximate surface area is 67.2 Å². The van der Waals surface area contributed by atoms with Crippen LogP contribution in [0.2, 0.25) is 0 Å². The van der Waals surface area contributed by atoms with Crippen molar-refractivity contribution in [2.24, 2.45) is 5.92 Å². The van der Waals surface area contributed by atoms with Gasteiger partial charge in [0.05, 0.1) is 7.11 Å². The predicted octanol–water partition coefficient (Wildman–Crippen LogP) is 2.39. The minimum absolute atomic E-state index is 0.281. The van der Waals surface area contributed by atoms with Crippen molar-refractivity contribution in [3.05, 3.63) is 23.2 Å². The molecular formula is C9H14O2. The van der Waals surface area contributed by atoms with Gasteiger partial charge in [0.2, 0.25) is 0 Å². The molecule has 0 aromatic carbocycles. The molecule has 1 aliphatic carbocycles. The lowest BCUT2D eigenvalue weighted by Crippen LogP contribution is -2.07. The number of hydrogen-bond donors (Lipinski definition) is 1. The van der Waals surface area contributed by atoms with Crippen molar-refractivity contribution in [3.8, 4) is 0 Å². The van der Waals surface area contributed by atoms with Crippen LogP contribution in [0.3, 0.4) is 0 Å². The zero-order valence-corrected chi connectivity index (χ0v) is 7.22. The third-order valence-electron chi connectivity index (χ3n) is 2.17. The molecule has 0 aromatic heterocycles. The maximum Gasteiger partial charge on any atom is 0.153 e. The van der Waals surface area contributed by atoms with Gasteiger partial charge in [0.25, 0.3) is 0 Å². The lowest BCUT2D eigenvalue weighted by atomic mass is 9.93. The van der Waals surface area contributed by atoms with Gasteiger partial charge in [-0.3, -0.25) is 0 Å². The van der Waals surface area contributed by atoms with Gasteiger partial charge in [0.1, 0.15) is 5.76 Å². The van der Waals surface area contributed by atoms with Crippen LogP contribution in [0.4, 0.5) is 0 Å². The van der Waals surface area contributed by atoms with E-state index in [-0.39, 0.29) is 5.76 Å². The first-order valence-electron chi connectivity index (χ1n) is 3.79. The molecule has 0 aliphatic heterocycles. The van der Waals surface area contributed by atoms with E-state index in [0.29, 0.717) is 11.7 Å². The lowest BCUT2D eigenvalue weighted by molar-refractivity contribution is 0.233. The summed E-state index contributed by atoms with van der Waals surface area (Å²) in [7, 11) is 1.59. The summed E-state index contributed by atoms with van der Waals surface area (Å²) in [6.45, 7) is 4.14. The van der Waals surface area contributed by atoms with Crippen LogP contribution < -0.4 is 0 Å². The number of ether oxygens (including phenoxy) is 1. The SMILES string of the molecule is COC1=C(O)C=C(C)C(C)C1. The first kappa shape index (κ1) is 8.18. The fourth-order valence-electron chi connectivity index (χ4n) is 1.17. The van der Waals surface area contributed by atoms with E-state index in [9.17, 15) is 5.11 Å². The molecule has 2 heteroatoms. The van der Waals surface area contributed by atoms with Crippen molar-refractivity contribution in [1.29, 1.82) is 0 Å². The van der Waals surface area contributed by atoms with Gasteiger partial charge in [0, 0.05) is 6.42 Å².